The van der Waals surface area contributed by atoms with Crippen molar-refractivity contribution in [2.75, 3.05) is 0 Å². The van der Waals surface area contributed by atoms with Crippen LogP contribution in [0.15, 0.2) is 40.3 Å². The first-order chi connectivity index (χ1) is 9.85. The van der Waals surface area contributed by atoms with E-state index >= 15 is 0 Å². The minimum absolute atomic E-state index is 0.565. The van der Waals surface area contributed by atoms with Crippen molar-refractivity contribution < 1.29 is 4.52 Å². The third kappa shape index (κ3) is 2.88. The number of rotatable bonds is 5. The molecule has 0 aliphatic rings. The summed E-state index contributed by atoms with van der Waals surface area (Å²) >= 11 is 1.47. The number of nitrogens with one attached hydrogen (secondary N) is 1. The van der Waals surface area contributed by atoms with Crippen LogP contribution in [0.3, 0.4) is 0 Å². The summed E-state index contributed by atoms with van der Waals surface area (Å²) in [6.45, 7) is 2.13. The first-order valence-corrected chi connectivity index (χ1v) is 7.24. The van der Waals surface area contributed by atoms with Crippen molar-refractivity contribution in [1.29, 1.82) is 0 Å². The fourth-order valence-corrected chi connectivity index (χ4v) is 2.33. The van der Waals surface area contributed by atoms with Crippen molar-refractivity contribution >= 4 is 11.8 Å². The van der Waals surface area contributed by atoms with Crippen LogP contribution in [-0.4, -0.2) is 25.3 Å². The average molecular weight is 287 g/mol. The molecule has 3 rings (SSSR count). The lowest BCUT2D eigenvalue weighted by Crippen LogP contribution is -1.85. The van der Waals surface area contributed by atoms with E-state index in [2.05, 4.69) is 44.4 Å². The van der Waals surface area contributed by atoms with E-state index in [9.17, 15) is 0 Å². The Morgan fingerprint density at radius 1 is 1.25 bits per heavy atom. The Bertz CT molecular complexity index is 662. The van der Waals surface area contributed by atoms with Crippen LogP contribution in [0.1, 0.15) is 18.4 Å². The molecule has 0 saturated carbocycles. The zero-order chi connectivity index (χ0) is 13.8. The molecule has 1 N–H and O–H groups in total. The standard InChI is InChI=1S/C13H13N5OS/c1-2-9-3-5-10(6-4-9)12-16-11(19-18-12)7-20-13-14-8-15-17-13/h3-6,8H,2,7H2,1H3,(H,14,15,17). The number of nitrogens with zero attached hydrogens (tertiary/aromatic N) is 4. The van der Waals surface area contributed by atoms with Crippen molar-refractivity contribution in [2.45, 2.75) is 24.3 Å². The lowest BCUT2D eigenvalue weighted by molar-refractivity contribution is 0.391. The Balaban J connectivity index is 1.69. The van der Waals surface area contributed by atoms with Crippen LogP contribution in [0.2, 0.25) is 0 Å². The van der Waals surface area contributed by atoms with Crippen LogP contribution in [-0.2, 0) is 12.2 Å². The van der Waals surface area contributed by atoms with E-state index in [1.54, 1.807) is 0 Å². The number of benzene rings is 1. The highest BCUT2D eigenvalue weighted by atomic mass is 32.2. The molecule has 2 heterocycles. The molecule has 0 aliphatic heterocycles. The van der Waals surface area contributed by atoms with Gasteiger partial charge in [0.25, 0.3) is 0 Å². The van der Waals surface area contributed by atoms with Gasteiger partial charge in [-0.2, -0.15) is 10.1 Å². The summed E-state index contributed by atoms with van der Waals surface area (Å²) in [5, 5.41) is 11.3. The van der Waals surface area contributed by atoms with E-state index in [0.717, 1.165) is 17.1 Å². The maximum Gasteiger partial charge on any atom is 0.237 e. The quantitative estimate of drug-likeness (QED) is 0.727. The zero-order valence-corrected chi connectivity index (χ0v) is 11.7. The minimum Gasteiger partial charge on any atom is -0.338 e. The number of aromatic nitrogens is 5. The summed E-state index contributed by atoms with van der Waals surface area (Å²) in [7, 11) is 0. The topological polar surface area (TPSA) is 80.5 Å². The van der Waals surface area contributed by atoms with Gasteiger partial charge in [0.2, 0.25) is 11.7 Å². The Morgan fingerprint density at radius 2 is 2.10 bits per heavy atom. The van der Waals surface area contributed by atoms with Crippen molar-refractivity contribution in [3.8, 4) is 11.4 Å². The van der Waals surface area contributed by atoms with E-state index in [0.29, 0.717) is 17.5 Å². The molecule has 1 aromatic carbocycles. The molecule has 20 heavy (non-hydrogen) atoms. The number of H-pyrrole nitrogens is 1. The molecule has 0 saturated heterocycles. The Kier molecular flexibility index (Phi) is 3.78. The van der Waals surface area contributed by atoms with Gasteiger partial charge in [0, 0.05) is 5.56 Å². The maximum absolute atomic E-state index is 5.23. The molecule has 0 spiro atoms. The van der Waals surface area contributed by atoms with Crippen LogP contribution in [0, 0.1) is 0 Å². The van der Waals surface area contributed by atoms with Crippen molar-refractivity contribution in [2.24, 2.45) is 0 Å². The molecule has 3 aromatic rings. The zero-order valence-electron chi connectivity index (χ0n) is 10.9. The molecular formula is C13H13N5OS. The molecule has 6 nitrogen and oxygen atoms in total. The third-order valence-electron chi connectivity index (χ3n) is 2.81. The number of aryl methyl sites for hydroxylation is 1. The molecule has 102 valence electrons. The third-order valence-corrected chi connectivity index (χ3v) is 3.68. The van der Waals surface area contributed by atoms with Crippen LogP contribution in [0.4, 0.5) is 0 Å². The lowest BCUT2D eigenvalue weighted by atomic mass is 10.1. The molecular weight excluding hydrogens is 274 g/mol. The summed E-state index contributed by atoms with van der Waals surface area (Å²) in [5.74, 6) is 1.75. The molecule has 0 unspecified atom stereocenters. The Labute approximate surface area is 120 Å². The summed E-state index contributed by atoms with van der Waals surface area (Å²) < 4.78 is 5.23. The fourth-order valence-electron chi connectivity index (χ4n) is 1.71. The molecule has 0 atom stereocenters. The van der Waals surface area contributed by atoms with Gasteiger partial charge in [-0.1, -0.05) is 48.1 Å². The summed E-state index contributed by atoms with van der Waals surface area (Å²) in [4.78, 5) is 8.40. The lowest BCUT2D eigenvalue weighted by Gasteiger charge is -1.97. The van der Waals surface area contributed by atoms with Crippen molar-refractivity contribution in [1.82, 2.24) is 25.3 Å². The SMILES string of the molecule is CCc1ccc(-c2noc(CSc3ncn[nH]3)n2)cc1. The van der Waals surface area contributed by atoms with Gasteiger partial charge in [-0.05, 0) is 12.0 Å². The average Bonchev–Trinajstić information content (AvgIpc) is 3.17. The predicted molar refractivity (Wildman–Crippen MR) is 75.1 cm³/mol. The van der Waals surface area contributed by atoms with Crippen LogP contribution in [0.5, 0.6) is 0 Å². The van der Waals surface area contributed by atoms with Crippen molar-refractivity contribution in [3.63, 3.8) is 0 Å². The van der Waals surface area contributed by atoms with Gasteiger partial charge in [0.15, 0.2) is 5.16 Å². The van der Waals surface area contributed by atoms with Crippen LogP contribution in [0.25, 0.3) is 11.4 Å². The van der Waals surface area contributed by atoms with Gasteiger partial charge in [-0.3, -0.25) is 5.10 Å². The summed E-state index contributed by atoms with van der Waals surface area (Å²) in [6.07, 6.45) is 2.49. The van der Waals surface area contributed by atoms with E-state index in [1.165, 1.54) is 23.7 Å². The molecule has 0 aliphatic carbocycles. The monoisotopic (exact) mass is 287 g/mol. The Hall–Kier alpha value is -2.15. The van der Waals surface area contributed by atoms with Crippen molar-refractivity contribution in [3.05, 3.63) is 42.0 Å². The van der Waals surface area contributed by atoms with Gasteiger partial charge < -0.3 is 4.52 Å². The number of aromatic amines is 1. The second-order valence-corrected chi connectivity index (χ2v) is 5.11. The van der Waals surface area contributed by atoms with Gasteiger partial charge in [0.05, 0.1) is 5.75 Å². The van der Waals surface area contributed by atoms with E-state index in [-0.39, 0.29) is 0 Å². The van der Waals surface area contributed by atoms with Crippen LogP contribution < -0.4 is 0 Å². The minimum atomic E-state index is 0.565. The van der Waals surface area contributed by atoms with Gasteiger partial charge in [-0.15, -0.1) is 0 Å². The largest absolute Gasteiger partial charge is 0.338 e. The molecule has 7 heteroatoms. The molecule has 0 radical (unpaired) electrons. The molecule has 2 aromatic heterocycles. The highest BCUT2D eigenvalue weighted by Gasteiger charge is 2.09. The van der Waals surface area contributed by atoms with E-state index in [1.807, 2.05) is 12.1 Å². The second kappa shape index (κ2) is 5.87. The highest BCUT2D eigenvalue weighted by Crippen LogP contribution is 2.21. The first-order valence-electron chi connectivity index (χ1n) is 6.25. The number of hydrogen-bond acceptors (Lipinski definition) is 6. The Morgan fingerprint density at radius 3 is 2.80 bits per heavy atom. The summed E-state index contributed by atoms with van der Waals surface area (Å²) in [5.41, 5.74) is 2.25. The highest BCUT2D eigenvalue weighted by molar-refractivity contribution is 7.98. The first kappa shape index (κ1) is 12.9. The van der Waals surface area contributed by atoms with Crippen LogP contribution >= 0.6 is 11.8 Å². The normalized spacial score (nSPS) is 10.8. The van der Waals surface area contributed by atoms with Gasteiger partial charge in [-0.25, -0.2) is 4.98 Å². The number of thioether (sulfide) groups is 1. The molecule has 0 bridgehead atoms. The van der Waals surface area contributed by atoms with E-state index < -0.39 is 0 Å². The van der Waals surface area contributed by atoms with Gasteiger partial charge in [0.1, 0.15) is 6.33 Å². The smallest absolute Gasteiger partial charge is 0.237 e. The summed E-state index contributed by atoms with van der Waals surface area (Å²) in [6, 6.07) is 8.18. The van der Waals surface area contributed by atoms with E-state index in [4.69, 9.17) is 4.52 Å². The molecule has 0 amide bonds. The predicted octanol–water partition coefficient (Wildman–Crippen LogP) is 2.71. The maximum atomic E-state index is 5.23. The second-order valence-electron chi connectivity index (χ2n) is 4.14. The fraction of sp³-hybridized carbons (Fsp3) is 0.231. The van der Waals surface area contributed by atoms with Gasteiger partial charge >= 0.3 is 0 Å². The number of hydrogen-bond donors (Lipinski definition) is 1. The molecule has 0 fully saturated rings.